The number of benzene rings is 2. The molecule has 0 spiro atoms. The molecular weight excluding hydrogens is 289 g/mol. The van der Waals surface area contributed by atoms with Crippen LogP contribution in [-0.4, -0.2) is 14.6 Å². The van der Waals surface area contributed by atoms with Gasteiger partial charge in [0.25, 0.3) is 0 Å². The van der Waals surface area contributed by atoms with E-state index in [2.05, 4.69) is 0 Å². The number of rotatable bonds is 3. The summed E-state index contributed by atoms with van der Waals surface area (Å²) in [5.74, 6) is 0. The monoisotopic (exact) mass is 300 g/mol. The van der Waals surface area contributed by atoms with Gasteiger partial charge in [-0.15, -0.1) is 0 Å². The molecule has 2 aromatic carbocycles. The summed E-state index contributed by atoms with van der Waals surface area (Å²) in [5.41, 5.74) is -0.288. The Balaban J connectivity index is 2.60. The lowest BCUT2D eigenvalue weighted by atomic mass is 10.1. The van der Waals surface area contributed by atoms with Gasteiger partial charge in [-0.2, -0.15) is 13.2 Å². The van der Waals surface area contributed by atoms with Crippen molar-refractivity contribution in [1.82, 2.24) is 0 Å². The second-order valence-electron chi connectivity index (χ2n) is 4.19. The molecule has 0 amide bonds. The first-order valence-corrected chi connectivity index (χ1v) is 7.29. The van der Waals surface area contributed by atoms with Crippen molar-refractivity contribution in [3.8, 4) is 0 Å². The fraction of sp³-hybridized carbons (Fsp3) is 0.143. The third-order valence-corrected chi connectivity index (χ3v) is 4.87. The predicted octanol–water partition coefficient (Wildman–Crippen LogP) is 3.76. The van der Waals surface area contributed by atoms with Gasteiger partial charge >= 0.3 is 6.18 Å². The van der Waals surface area contributed by atoms with Gasteiger partial charge in [0.1, 0.15) is 0 Å². The Morgan fingerprint density at radius 3 is 1.70 bits per heavy atom. The molecule has 0 saturated carbocycles. The molecular formula is C14H11F3O2S. The van der Waals surface area contributed by atoms with E-state index in [-0.39, 0.29) is 10.5 Å². The van der Waals surface area contributed by atoms with Crippen LogP contribution in [0, 0.1) is 0 Å². The molecule has 106 valence electrons. The minimum atomic E-state index is -4.88. The van der Waals surface area contributed by atoms with Crippen LogP contribution in [0.5, 0.6) is 0 Å². The molecule has 2 nitrogen and oxygen atoms in total. The Labute approximate surface area is 114 Å². The minimum absolute atomic E-state index is 0.288. The van der Waals surface area contributed by atoms with E-state index in [1.54, 1.807) is 6.07 Å². The molecule has 1 atom stereocenters. The third kappa shape index (κ3) is 2.85. The fourth-order valence-electron chi connectivity index (χ4n) is 1.92. The predicted molar refractivity (Wildman–Crippen MR) is 68.9 cm³/mol. The molecule has 6 heteroatoms. The number of hydrogen-bond acceptors (Lipinski definition) is 2. The van der Waals surface area contributed by atoms with E-state index >= 15 is 0 Å². The molecule has 0 radical (unpaired) electrons. The molecule has 2 aromatic rings. The van der Waals surface area contributed by atoms with E-state index in [0.29, 0.717) is 0 Å². The first-order valence-electron chi connectivity index (χ1n) is 5.74. The van der Waals surface area contributed by atoms with E-state index < -0.39 is 21.3 Å². The first-order chi connectivity index (χ1) is 9.33. The highest BCUT2D eigenvalue weighted by Crippen LogP contribution is 2.41. The number of alkyl halides is 3. The molecule has 0 fully saturated rings. The van der Waals surface area contributed by atoms with Gasteiger partial charge < -0.3 is 0 Å². The van der Waals surface area contributed by atoms with Crippen molar-refractivity contribution in [2.24, 2.45) is 0 Å². The first kappa shape index (κ1) is 14.6. The molecule has 1 unspecified atom stereocenters. The van der Waals surface area contributed by atoms with Crippen molar-refractivity contribution in [3.63, 3.8) is 0 Å². The van der Waals surface area contributed by atoms with Crippen LogP contribution >= 0.6 is 0 Å². The Bertz CT molecular complexity index is 665. The van der Waals surface area contributed by atoms with Crippen LogP contribution in [0.15, 0.2) is 65.6 Å². The molecule has 0 aliphatic heterocycles. The largest absolute Gasteiger partial charge is 0.409 e. The highest BCUT2D eigenvalue weighted by Gasteiger charge is 2.50. The van der Waals surface area contributed by atoms with Gasteiger partial charge in [0.05, 0.1) is 4.90 Å². The van der Waals surface area contributed by atoms with E-state index in [4.69, 9.17) is 0 Å². The lowest BCUT2D eigenvalue weighted by Gasteiger charge is -2.21. The third-order valence-electron chi connectivity index (χ3n) is 2.78. The van der Waals surface area contributed by atoms with Crippen LogP contribution in [0.4, 0.5) is 13.2 Å². The molecule has 0 saturated heterocycles. The normalized spacial score (nSPS) is 13.9. The van der Waals surface area contributed by atoms with Crippen LogP contribution in [-0.2, 0) is 9.84 Å². The smallest absolute Gasteiger partial charge is 0.223 e. The van der Waals surface area contributed by atoms with Crippen LogP contribution in [0.3, 0.4) is 0 Å². The van der Waals surface area contributed by atoms with Gasteiger partial charge in [-0.1, -0.05) is 48.5 Å². The van der Waals surface area contributed by atoms with Crippen LogP contribution in [0.1, 0.15) is 10.8 Å². The summed E-state index contributed by atoms with van der Waals surface area (Å²) in [7, 11) is -4.54. The zero-order chi connectivity index (χ0) is 14.8. The van der Waals surface area contributed by atoms with E-state index in [1.807, 2.05) is 0 Å². The van der Waals surface area contributed by atoms with Crippen LogP contribution in [0.25, 0.3) is 0 Å². The maximum atomic E-state index is 13.2. The Morgan fingerprint density at radius 2 is 1.25 bits per heavy atom. The Hall–Kier alpha value is -1.82. The molecule has 0 heterocycles. The zero-order valence-corrected chi connectivity index (χ0v) is 11.0. The highest BCUT2D eigenvalue weighted by atomic mass is 32.2. The average molecular weight is 300 g/mol. The van der Waals surface area contributed by atoms with Gasteiger partial charge in [0.2, 0.25) is 0 Å². The summed E-state index contributed by atoms with van der Waals surface area (Å²) in [6, 6.07) is 13.3. The standard InChI is InChI=1S/C14H11F3O2S/c15-14(16,17)13(11-7-3-1-4-8-11)20(18,19)12-9-5-2-6-10-12/h1-10,13H. The van der Waals surface area contributed by atoms with Crippen molar-refractivity contribution in [2.75, 3.05) is 0 Å². The van der Waals surface area contributed by atoms with Gasteiger partial charge in [0, 0.05) is 0 Å². The summed E-state index contributed by atoms with van der Waals surface area (Å²) in [5, 5.41) is -2.56. The molecule has 0 N–H and O–H groups in total. The van der Waals surface area contributed by atoms with Crippen molar-refractivity contribution in [2.45, 2.75) is 16.3 Å². The quantitative estimate of drug-likeness (QED) is 0.865. The summed E-state index contributed by atoms with van der Waals surface area (Å²) in [6.45, 7) is 0. The molecule has 0 aliphatic rings. The van der Waals surface area contributed by atoms with Crippen molar-refractivity contribution in [1.29, 1.82) is 0 Å². The second kappa shape index (κ2) is 5.28. The number of hydrogen-bond donors (Lipinski definition) is 0. The lowest BCUT2D eigenvalue weighted by Crippen LogP contribution is -2.28. The Morgan fingerprint density at radius 1 is 0.800 bits per heavy atom. The van der Waals surface area contributed by atoms with E-state index in [9.17, 15) is 21.6 Å². The molecule has 0 bridgehead atoms. The minimum Gasteiger partial charge on any atom is -0.223 e. The molecule has 2 rings (SSSR count). The number of sulfone groups is 1. The SMILES string of the molecule is O=S(=O)(c1ccccc1)C(c1ccccc1)C(F)(F)F. The van der Waals surface area contributed by atoms with Crippen LogP contribution < -0.4 is 0 Å². The summed E-state index contributed by atoms with van der Waals surface area (Å²) < 4.78 is 64.1. The summed E-state index contributed by atoms with van der Waals surface area (Å²) >= 11 is 0. The van der Waals surface area contributed by atoms with Crippen LogP contribution in [0.2, 0.25) is 0 Å². The zero-order valence-electron chi connectivity index (χ0n) is 10.2. The number of halogens is 3. The summed E-state index contributed by atoms with van der Waals surface area (Å²) in [4.78, 5) is -0.342. The van der Waals surface area contributed by atoms with Gasteiger partial charge in [0.15, 0.2) is 15.1 Å². The second-order valence-corrected chi connectivity index (χ2v) is 6.22. The Kier molecular flexibility index (Phi) is 3.85. The summed E-state index contributed by atoms with van der Waals surface area (Å²) in [6.07, 6.45) is -4.88. The maximum absolute atomic E-state index is 13.2. The van der Waals surface area contributed by atoms with E-state index in [0.717, 1.165) is 12.1 Å². The fourth-order valence-corrected chi connectivity index (χ4v) is 3.59. The molecule has 0 aliphatic carbocycles. The maximum Gasteiger partial charge on any atom is 0.409 e. The molecule has 20 heavy (non-hydrogen) atoms. The van der Waals surface area contributed by atoms with Gasteiger partial charge in [-0.3, -0.25) is 0 Å². The van der Waals surface area contributed by atoms with Gasteiger partial charge in [-0.05, 0) is 17.7 Å². The van der Waals surface area contributed by atoms with Crippen molar-refractivity contribution < 1.29 is 21.6 Å². The van der Waals surface area contributed by atoms with Gasteiger partial charge in [-0.25, -0.2) is 8.42 Å². The molecule has 0 aromatic heterocycles. The topological polar surface area (TPSA) is 34.1 Å². The average Bonchev–Trinajstić information content (AvgIpc) is 2.39. The highest BCUT2D eigenvalue weighted by molar-refractivity contribution is 7.91. The van der Waals surface area contributed by atoms with Crippen molar-refractivity contribution in [3.05, 3.63) is 66.2 Å². The van der Waals surface area contributed by atoms with E-state index in [1.165, 1.54) is 42.5 Å². The van der Waals surface area contributed by atoms with Crippen molar-refractivity contribution >= 4 is 9.84 Å². The lowest BCUT2D eigenvalue weighted by molar-refractivity contribution is -0.131.